The zero-order chi connectivity index (χ0) is 5.58. The summed E-state index contributed by atoms with van der Waals surface area (Å²) in [5, 5.41) is 23.7. The van der Waals surface area contributed by atoms with Crippen LogP contribution in [0.3, 0.4) is 0 Å². The van der Waals surface area contributed by atoms with Crippen LogP contribution in [0.25, 0.3) is 0 Å². The monoisotopic (exact) mass is 358 g/mol. The van der Waals surface area contributed by atoms with Crippen molar-refractivity contribution >= 4 is 6.16 Å². The molecule has 0 aromatic heterocycles. The number of rotatable bonds is 0. The maximum atomic E-state index is 8.33. The average molecular weight is 358 g/mol. The van der Waals surface area contributed by atoms with E-state index in [9.17, 15) is 0 Å². The van der Waals surface area contributed by atoms with Crippen molar-refractivity contribution in [2.75, 3.05) is 7.11 Å². The van der Waals surface area contributed by atoms with Crippen molar-refractivity contribution in [3.05, 3.63) is 0 Å². The van der Waals surface area contributed by atoms with E-state index >= 15 is 0 Å². The number of hydrogen-bond acceptors (Lipinski definition) is 4. The van der Waals surface area contributed by atoms with Gasteiger partial charge in [-0.3, -0.25) is 0 Å². The van der Waals surface area contributed by atoms with Crippen LogP contribution in [0.2, 0.25) is 0 Å². The molecule has 0 bridgehead atoms. The number of carboxylic acid groups (broad SMARTS) is 2. The molecule has 0 fully saturated rings. The Kier molecular flexibility index (Phi) is 63.1. The molecule has 0 aliphatic heterocycles. The molecule has 0 saturated heterocycles. The van der Waals surface area contributed by atoms with E-state index in [1.54, 1.807) is 0 Å². The van der Waals surface area contributed by atoms with Crippen LogP contribution in [0.1, 0.15) is 0 Å². The van der Waals surface area contributed by atoms with Gasteiger partial charge in [-0.2, -0.15) is 0 Å². The van der Waals surface area contributed by atoms with Crippen molar-refractivity contribution < 1.29 is 158 Å². The topological polar surface area (TPSA) is 83.4 Å². The summed E-state index contributed by atoms with van der Waals surface area (Å²) >= 11 is 0. The minimum Gasteiger partial charge on any atom is -0.652 e. The first-order valence-corrected chi connectivity index (χ1v) is 1.06. The van der Waals surface area contributed by atoms with Crippen LogP contribution in [0.4, 0.5) is 4.79 Å². The molecule has 0 aromatic rings. The van der Waals surface area contributed by atoms with E-state index in [1.165, 1.54) is 0 Å². The Labute approximate surface area is 165 Å². The summed E-state index contributed by atoms with van der Waals surface area (Å²) in [6.07, 6.45) is -2.33. The van der Waals surface area contributed by atoms with Crippen LogP contribution in [0, 0.1) is 0 Å². The van der Waals surface area contributed by atoms with Crippen molar-refractivity contribution in [1.82, 2.24) is 0 Å². The van der Waals surface area contributed by atoms with Gasteiger partial charge in [0.1, 0.15) is 0 Å². The van der Waals surface area contributed by atoms with Crippen LogP contribution in [0.15, 0.2) is 0 Å². The third kappa shape index (κ3) is 58.3. The maximum Gasteiger partial charge on any atom is 1.00 e. The molecule has 0 unspecified atom stereocenters. The van der Waals surface area contributed by atoms with E-state index in [1.807, 2.05) is 0 Å². The number of carbonyl (C=O) groups excluding carboxylic acids is 1. The van der Waals surface area contributed by atoms with Gasteiger partial charge in [0.25, 0.3) is 0 Å². The molecule has 0 amide bonds. The molecule has 4 nitrogen and oxygen atoms in total. The van der Waals surface area contributed by atoms with E-state index in [0.717, 1.165) is 7.11 Å². The second kappa shape index (κ2) is 22.4. The van der Waals surface area contributed by atoms with Crippen LogP contribution in [-0.4, -0.2) is 18.4 Å². The second-order valence-electron chi connectivity index (χ2n) is 0.250. The zero-order valence-electron chi connectivity index (χ0n) is 5.17. The minimum absolute atomic E-state index is 0. The molecule has 0 rings (SSSR count). The smallest absolute Gasteiger partial charge is 0.652 e. The van der Waals surface area contributed by atoms with Gasteiger partial charge in [-0.15, -0.1) is 0 Å². The molecule has 0 spiro atoms. The molecule has 0 heterocycles. The Bertz CT molecular complexity index is 35.0. The Hall–Kier alpha value is 3.33. The van der Waals surface area contributed by atoms with Crippen molar-refractivity contribution in [2.45, 2.75) is 0 Å². The van der Waals surface area contributed by atoms with Gasteiger partial charge in [-0.05, 0) is 6.16 Å². The van der Waals surface area contributed by atoms with Gasteiger partial charge in [0.05, 0.1) is 0 Å². The van der Waals surface area contributed by atoms with Crippen LogP contribution >= 0.6 is 0 Å². The fourth-order valence-corrected chi connectivity index (χ4v) is 0. The predicted octanol–water partition coefficient (Wildman–Crippen LogP) is -8.83. The number of aliphatic hydroxyl groups excluding tert-OH is 1. The average Bonchev–Trinajstić information content (AvgIpc) is 1.41. The standard InChI is InChI=1S/CH2O3.CH4O.2Cs/c2-1(3)4;1-2;;/h(H2,2,3,4);2H,1H3;;/q;;2*+1/p-2. The predicted molar refractivity (Wildman–Crippen MR) is 13.5 cm³/mol. The summed E-state index contributed by atoms with van der Waals surface area (Å²) in [6, 6.07) is 0. The minimum atomic E-state index is -2.33. The zero-order valence-corrected chi connectivity index (χ0v) is 17.7. The fourth-order valence-electron chi connectivity index (χ4n) is 0. The quantitative estimate of drug-likeness (QED) is 0.467. The molecule has 0 aliphatic carbocycles. The summed E-state index contributed by atoms with van der Waals surface area (Å²) in [5.41, 5.74) is 0. The molecular formula is C2H4Cs2O4. The first-order valence-electron chi connectivity index (χ1n) is 1.06. The van der Waals surface area contributed by atoms with E-state index < -0.39 is 6.16 Å². The summed E-state index contributed by atoms with van der Waals surface area (Å²) in [5.74, 6) is 0. The summed E-state index contributed by atoms with van der Waals surface area (Å²) in [7, 11) is 1.00. The van der Waals surface area contributed by atoms with Crippen LogP contribution in [0.5, 0.6) is 0 Å². The first-order chi connectivity index (χ1) is 2.73. The molecule has 0 aromatic carbocycles. The molecule has 0 saturated carbocycles. The van der Waals surface area contributed by atoms with Gasteiger partial charge < -0.3 is 20.1 Å². The maximum absolute atomic E-state index is 8.33. The van der Waals surface area contributed by atoms with Gasteiger partial charge >= 0.3 is 138 Å². The molecule has 0 aliphatic rings. The van der Waals surface area contributed by atoms with Crippen LogP contribution < -0.4 is 148 Å². The summed E-state index contributed by atoms with van der Waals surface area (Å²) in [4.78, 5) is 8.33. The van der Waals surface area contributed by atoms with Crippen molar-refractivity contribution in [3.63, 3.8) is 0 Å². The van der Waals surface area contributed by atoms with Gasteiger partial charge in [-0.25, -0.2) is 0 Å². The van der Waals surface area contributed by atoms with Crippen molar-refractivity contribution in [3.8, 4) is 0 Å². The Morgan fingerprint density at radius 1 is 1.25 bits per heavy atom. The van der Waals surface area contributed by atoms with Gasteiger partial charge in [-0.1, -0.05) is 0 Å². The molecule has 0 radical (unpaired) electrons. The first kappa shape index (κ1) is 22.5. The van der Waals surface area contributed by atoms with Crippen molar-refractivity contribution in [2.24, 2.45) is 0 Å². The van der Waals surface area contributed by atoms with Crippen molar-refractivity contribution in [1.29, 1.82) is 0 Å². The SMILES string of the molecule is CO.O=C([O-])[O-].[Cs+].[Cs+]. The van der Waals surface area contributed by atoms with E-state index in [4.69, 9.17) is 20.1 Å². The van der Waals surface area contributed by atoms with E-state index in [-0.39, 0.29) is 138 Å². The Balaban J connectivity index is -0.0000000183. The molecular weight excluding hydrogens is 354 g/mol. The fraction of sp³-hybridized carbons (Fsp3) is 0.500. The normalized spacial score (nSPS) is 3.75. The molecule has 8 heavy (non-hydrogen) atoms. The largest absolute Gasteiger partial charge is 1.00 e. The number of hydrogen-bond donors (Lipinski definition) is 1. The second-order valence-corrected chi connectivity index (χ2v) is 0.250. The van der Waals surface area contributed by atoms with Gasteiger partial charge in [0.15, 0.2) is 0 Å². The van der Waals surface area contributed by atoms with Gasteiger partial charge in [0, 0.05) is 7.11 Å². The van der Waals surface area contributed by atoms with Gasteiger partial charge in [0.2, 0.25) is 0 Å². The van der Waals surface area contributed by atoms with E-state index in [0.29, 0.717) is 0 Å². The number of aliphatic hydroxyl groups is 1. The summed E-state index contributed by atoms with van der Waals surface area (Å²) in [6.45, 7) is 0. The Morgan fingerprint density at radius 2 is 1.25 bits per heavy atom. The molecule has 1 N–H and O–H groups in total. The number of carbonyl (C=O) groups is 1. The molecule has 0 atom stereocenters. The summed E-state index contributed by atoms with van der Waals surface area (Å²) < 4.78 is 0. The van der Waals surface area contributed by atoms with Crippen LogP contribution in [-0.2, 0) is 0 Å². The Morgan fingerprint density at radius 3 is 1.25 bits per heavy atom. The molecule has 6 heteroatoms. The molecule has 38 valence electrons. The third-order valence-electron chi connectivity index (χ3n) is 0. The van der Waals surface area contributed by atoms with E-state index in [2.05, 4.69) is 0 Å². The third-order valence-corrected chi connectivity index (χ3v) is 0.